The molecule has 1 atom stereocenters. The molecule has 0 unspecified atom stereocenters. The van der Waals surface area contributed by atoms with Crippen molar-refractivity contribution in [3.8, 4) is 22.8 Å². The van der Waals surface area contributed by atoms with Gasteiger partial charge in [0.05, 0.1) is 110 Å². The number of morpholine rings is 1. The topological polar surface area (TPSA) is 173 Å². The van der Waals surface area contributed by atoms with E-state index in [4.69, 9.17) is 59.3 Å². The predicted octanol–water partition coefficient (Wildman–Crippen LogP) is 5.11. The van der Waals surface area contributed by atoms with Crippen LogP contribution in [0.1, 0.15) is 45.1 Å². The minimum Gasteiger partial charge on any atom is -0.487 e. The molecule has 1 saturated carbocycles. The van der Waals surface area contributed by atoms with Crippen molar-refractivity contribution < 1.29 is 42.6 Å². The Morgan fingerprint density at radius 1 is 0.803 bits per heavy atom. The molecule has 336 valence electrons. The molecule has 2 fully saturated rings. The number of ether oxygens (including phenoxy) is 9. The zero-order chi connectivity index (χ0) is 42.3. The molecule has 0 spiro atoms. The van der Waals surface area contributed by atoms with E-state index in [2.05, 4.69) is 30.3 Å². The summed E-state index contributed by atoms with van der Waals surface area (Å²) in [4.78, 5) is 15.9. The molecule has 0 bridgehead atoms. The lowest BCUT2D eigenvalue weighted by Gasteiger charge is -2.38. The third-order valence-corrected chi connectivity index (χ3v) is 10.6. The van der Waals surface area contributed by atoms with Gasteiger partial charge in [-0.3, -0.25) is 9.58 Å². The van der Waals surface area contributed by atoms with E-state index in [1.165, 1.54) is 6.33 Å². The number of aromatic nitrogens is 7. The zero-order valence-corrected chi connectivity index (χ0v) is 36.3. The third-order valence-electron chi connectivity index (χ3n) is 10.3. The van der Waals surface area contributed by atoms with E-state index in [0.29, 0.717) is 127 Å². The Kier molecular flexibility index (Phi) is 20.2. The fourth-order valence-corrected chi connectivity index (χ4v) is 7.28. The standard InChI is InChI=1S/C42H62ClN9O9/c1-33(29-51-32-44-31-47-51)61-40-26-34(4-9-38(40)43)35-27-45-42(46-28-35)48-39-30-52(37-7-5-36(6-8-37)50-10-14-55-15-11-50)49-41(39)60-13-3-12-54-18-19-57-22-23-59-25-24-58-21-20-56-17-16-53-2/h4,9,26-28,30-33,36-37H,3,5-8,10-25,29H2,1-2H3,(H,45,46,48)/t33-,36?,37?/m0/s1. The van der Waals surface area contributed by atoms with E-state index >= 15 is 0 Å². The van der Waals surface area contributed by atoms with Gasteiger partial charge in [-0.25, -0.2) is 19.6 Å². The second-order valence-corrected chi connectivity index (χ2v) is 15.2. The Balaban J connectivity index is 0.950. The highest BCUT2D eigenvalue weighted by Crippen LogP contribution is 2.35. The lowest BCUT2D eigenvalue weighted by Crippen LogP contribution is -2.45. The maximum absolute atomic E-state index is 6.51. The number of hydrogen-bond donors (Lipinski definition) is 1. The van der Waals surface area contributed by atoms with Gasteiger partial charge in [0.25, 0.3) is 5.88 Å². The molecule has 6 rings (SSSR count). The van der Waals surface area contributed by atoms with Crippen LogP contribution in [0.15, 0.2) is 49.4 Å². The van der Waals surface area contributed by atoms with Gasteiger partial charge in [0.2, 0.25) is 5.95 Å². The SMILES string of the molecule is COCCOCCOCCOCCOCCOCCCOc1nn(C2CCC(N3CCOCC3)CC2)cc1Nc1ncc(-c2ccc(Cl)c(O[C@@H](C)Cn3cncn3)c2)cn1. The Bertz CT molecular complexity index is 1780. The van der Waals surface area contributed by atoms with Crippen molar-refractivity contribution in [1.82, 2.24) is 39.4 Å². The average Bonchev–Trinajstić information content (AvgIpc) is 3.95. The smallest absolute Gasteiger partial charge is 0.256 e. The molecule has 1 aliphatic carbocycles. The number of benzene rings is 1. The van der Waals surface area contributed by atoms with Crippen molar-refractivity contribution in [2.24, 2.45) is 0 Å². The van der Waals surface area contributed by atoms with Crippen LogP contribution in [0.5, 0.6) is 11.6 Å². The summed E-state index contributed by atoms with van der Waals surface area (Å²) in [5.41, 5.74) is 2.40. The van der Waals surface area contributed by atoms with Gasteiger partial charge in [-0.05, 0) is 50.3 Å². The van der Waals surface area contributed by atoms with Crippen LogP contribution in [0.3, 0.4) is 0 Å². The van der Waals surface area contributed by atoms with Crippen LogP contribution in [0, 0.1) is 0 Å². The summed E-state index contributed by atoms with van der Waals surface area (Å²) in [5, 5.41) is 13.0. The first-order valence-electron chi connectivity index (χ1n) is 21.3. The monoisotopic (exact) mass is 871 g/mol. The van der Waals surface area contributed by atoms with Gasteiger partial charge in [-0.1, -0.05) is 17.7 Å². The first-order chi connectivity index (χ1) is 30.1. The first-order valence-corrected chi connectivity index (χ1v) is 21.7. The minimum atomic E-state index is -0.182. The van der Waals surface area contributed by atoms with E-state index in [1.807, 2.05) is 36.0 Å². The number of hydrogen-bond acceptors (Lipinski definition) is 16. The molecular formula is C42H62ClN9O9. The largest absolute Gasteiger partial charge is 0.487 e. The molecule has 1 aliphatic heterocycles. The summed E-state index contributed by atoms with van der Waals surface area (Å²) < 4.78 is 54.5. The number of nitrogens with zero attached hydrogens (tertiary/aromatic N) is 8. The molecule has 1 aromatic carbocycles. The zero-order valence-electron chi connectivity index (χ0n) is 35.5. The van der Waals surface area contributed by atoms with Crippen LogP contribution in [-0.4, -0.2) is 164 Å². The maximum atomic E-state index is 6.51. The quantitative estimate of drug-likeness (QED) is 0.0713. The second-order valence-electron chi connectivity index (χ2n) is 14.8. The number of nitrogens with one attached hydrogen (secondary N) is 1. The van der Waals surface area contributed by atoms with E-state index in [1.54, 1.807) is 30.5 Å². The number of anilines is 2. The molecule has 19 heteroatoms. The van der Waals surface area contributed by atoms with Gasteiger partial charge in [-0.2, -0.15) is 5.10 Å². The fraction of sp³-hybridized carbons (Fsp3) is 0.643. The average molecular weight is 872 g/mol. The van der Waals surface area contributed by atoms with Crippen LogP contribution in [0.4, 0.5) is 11.6 Å². The van der Waals surface area contributed by atoms with Gasteiger partial charge in [0.15, 0.2) is 0 Å². The molecule has 3 aromatic heterocycles. The summed E-state index contributed by atoms with van der Waals surface area (Å²) in [7, 11) is 1.65. The summed E-state index contributed by atoms with van der Waals surface area (Å²) in [5.74, 6) is 1.50. The molecule has 4 aromatic rings. The van der Waals surface area contributed by atoms with Crippen molar-refractivity contribution in [3.05, 3.63) is 54.5 Å². The lowest BCUT2D eigenvalue weighted by molar-refractivity contribution is -0.0150. The highest BCUT2D eigenvalue weighted by atomic mass is 35.5. The summed E-state index contributed by atoms with van der Waals surface area (Å²) >= 11 is 6.51. The van der Waals surface area contributed by atoms with Gasteiger partial charge >= 0.3 is 0 Å². The predicted molar refractivity (Wildman–Crippen MR) is 228 cm³/mol. The Hall–Kier alpha value is -3.98. The van der Waals surface area contributed by atoms with Crippen LogP contribution < -0.4 is 14.8 Å². The van der Waals surface area contributed by atoms with Gasteiger partial charge in [-0.15, -0.1) is 5.10 Å². The molecule has 0 amide bonds. The molecule has 0 radical (unpaired) electrons. The van der Waals surface area contributed by atoms with E-state index in [9.17, 15) is 0 Å². The number of halogens is 1. The fourth-order valence-electron chi connectivity index (χ4n) is 7.12. The molecule has 18 nitrogen and oxygen atoms in total. The first kappa shape index (κ1) is 46.5. The molecule has 2 aliphatic rings. The van der Waals surface area contributed by atoms with Crippen molar-refractivity contribution >= 4 is 23.2 Å². The summed E-state index contributed by atoms with van der Waals surface area (Å²) in [6.45, 7) is 12.3. The third kappa shape index (κ3) is 16.0. The lowest BCUT2D eigenvalue weighted by atomic mass is 9.90. The summed E-state index contributed by atoms with van der Waals surface area (Å²) in [6, 6.07) is 6.49. The number of rotatable bonds is 29. The Morgan fingerprint density at radius 2 is 1.44 bits per heavy atom. The Labute approximate surface area is 363 Å². The molecular weight excluding hydrogens is 810 g/mol. The molecule has 4 heterocycles. The maximum Gasteiger partial charge on any atom is 0.256 e. The summed E-state index contributed by atoms with van der Waals surface area (Å²) in [6.07, 6.45) is 13.6. The normalized spacial score (nSPS) is 17.7. The highest BCUT2D eigenvalue weighted by molar-refractivity contribution is 6.32. The van der Waals surface area contributed by atoms with Gasteiger partial charge < -0.3 is 47.9 Å². The van der Waals surface area contributed by atoms with Crippen LogP contribution in [0.25, 0.3) is 11.1 Å². The van der Waals surface area contributed by atoms with Crippen molar-refractivity contribution in [2.75, 3.05) is 118 Å². The van der Waals surface area contributed by atoms with Crippen LogP contribution in [0.2, 0.25) is 5.02 Å². The van der Waals surface area contributed by atoms with Crippen LogP contribution in [-0.2, 0) is 39.7 Å². The van der Waals surface area contributed by atoms with E-state index in [0.717, 1.165) is 63.1 Å². The van der Waals surface area contributed by atoms with Crippen molar-refractivity contribution in [3.63, 3.8) is 0 Å². The second kappa shape index (κ2) is 26.5. The molecule has 1 saturated heterocycles. The molecule has 61 heavy (non-hydrogen) atoms. The van der Waals surface area contributed by atoms with Crippen molar-refractivity contribution in [1.29, 1.82) is 0 Å². The van der Waals surface area contributed by atoms with Gasteiger partial charge in [0, 0.05) is 57.2 Å². The van der Waals surface area contributed by atoms with Crippen molar-refractivity contribution in [2.45, 2.75) is 63.8 Å². The Morgan fingerprint density at radius 3 is 2.08 bits per heavy atom. The number of methoxy groups -OCH3 is 1. The van der Waals surface area contributed by atoms with Crippen LogP contribution >= 0.6 is 11.6 Å². The van der Waals surface area contributed by atoms with E-state index < -0.39 is 0 Å². The van der Waals surface area contributed by atoms with E-state index in [-0.39, 0.29) is 12.1 Å². The minimum absolute atomic E-state index is 0.182. The van der Waals surface area contributed by atoms with Gasteiger partial charge in [0.1, 0.15) is 30.2 Å². The highest BCUT2D eigenvalue weighted by Gasteiger charge is 2.29. The molecule has 1 N–H and O–H groups in total.